The van der Waals surface area contributed by atoms with Crippen molar-refractivity contribution in [2.24, 2.45) is 5.92 Å². The maximum absolute atomic E-state index is 12.9. The molecule has 5 rings (SSSR count). The lowest BCUT2D eigenvalue weighted by atomic mass is 9.92. The Bertz CT molecular complexity index is 1540. The van der Waals surface area contributed by atoms with Gasteiger partial charge in [0.15, 0.2) is 0 Å². The molecule has 3 aromatic carbocycles. The highest BCUT2D eigenvalue weighted by Gasteiger charge is 2.26. The van der Waals surface area contributed by atoms with Crippen LogP contribution in [0.1, 0.15) is 42.4 Å². The maximum Gasteiger partial charge on any atom is 0.326 e. The number of hydrogen-bond acceptors (Lipinski definition) is 6. The molecule has 4 aromatic rings. The first-order valence-electron chi connectivity index (χ1n) is 15.3. The number of nitrogens with one attached hydrogen (secondary N) is 1. The molecule has 232 valence electrons. The van der Waals surface area contributed by atoms with Crippen LogP contribution in [0.3, 0.4) is 0 Å². The Morgan fingerprint density at radius 2 is 1.51 bits per heavy atom. The van der Waals surface area contributed by atoms with Gasteiger partial charge < -0.3 is 20.1 Å². The molecule has 0 aliphatic carbocycles. The van der Waals surface area contributed by atoms with Gasteiger partial charge in [-0.25, -0.2) is 14.8 Å². The number of carboxylic acids is 1. The van der Waals surface area contributed by atoms with E-state index in [2.05, 4.69) is 15.3 Å². The van der Waals surface area contributed by atoms with E-state index in [1.54, 1.807) is 12.4 Å². The highest BCUT2D eigenvalue weighted by atomic mass is 16.5. The molecule has 1 aromatic heterocycles. The molecule has 0 radical (unpaired) electrons. The number of carboxylic acid groups (broad SMARTS) is 1. The van der Waals surface area contributed by atoms with Crippen LogP contribution in [0.15, 0.2) is 97.6 Å². The molecular weight excluding hydrogens is 568 g/mol. The summed E-state index contributed by atoms with van der Waals surface area (Å²) < 4.78 is 5.81. The number of carbonyl (C=O) groups excluding carboxylic acids is 2. The smallest absolute Gasteiger partial charge is 0.326 e. The third-order valence-corrected chi connectivity index (χ3v) is 8.16. The average Bonchev–Trinajstić information content (AvgIpc) is 3.08. The number of benzene rings is 3. The molecule has 2 amide bonds. The van der Waals surface area contributed by atoms with Crippen LogP contribution in [-0.2, 0) is 33.8 Å². The van der Waals surface area contributed by atoms with Crippen molar-refractivity contribution in [3.8, 4) is 16.9 Å². The Morgan fingerprint density at radius 3 is 2.18 bits per heavy atom. The molecule has 1 aliphatic heterocycles. The van der Waals surface area contributed by atoms with Gasteiger partial charge in [-0.3, -0.25) is 9.59 Å². The van der Waals surface area contributed by atoms with Crippen LogP contribution in [0.2, 0.25) is 0 Å². The van der Waals surface area contributed by atoms with E-state index in [0.717, 1.165) is 40.7 Å². The highest BCUT2D eigenvalue weighted by molar-refractivity contribution is 5.84. The molecule has 1 fully saturated rings. The third-order valence-electron chi connectivity index (χ3n) is 8.16. The lowest BCUT2D eigenvalue weighted by Gasteiger charge is -2.32. The first kappa shape index (κ1) is 31.4. The summed E-state index contributed by atoms with van der Waals surface area (Å²) in [6.07, 6.45) is 7.99. The minimum atomic E-state index is -1.07. The molecule has 0 spiro atoms. The van der Waals surface area contributed by atoms with Crippen LogP contribution >= 0.6 is 0 Å². The number of amides is 2. The molecule has 1 atom stereocenters. The zero-order valence-corrected chi connectivity index (χ0v) is 25.2. The van der Waals surface area contributed by atoms with E-state index >= 15 is 0 Å². The van der Waals surface area contributed by atoms with Gasteiger partial charge in [0.05, 0.1) is 0 Å². The number of rotatable bonds is 13. The quantitative estimate of drug-likeness (QED) is 0.217. The fraction of sp³-hybridized carbons (Fsp3) is 0.306. The standard InChI is InChI=1S/C36H38N4O5/c41-34(39-33(36(43)44)20-27-8-13-32(14-9-27)45-24-29-4-2-1-3-5-29)21-28-16-18-40(19-17-28)35(42)15-10-26-6-11-30(12-7-26)31-22-37-25-38-23-31/h1-9,11-14,22-23,25,28,33H,10,15-21,24H2,(H,39,41)(H,43,44). The van der Waals surface area contributed by atoms with Gasteiger partial charge in [-0.1, -0.05) is 66.7 Å². The van der Waals surface area contributed by atoms with Gasteiger partial charge in [-0.2, -0.15) is 0 Å². The minimum Gasteiger partial charge on any atom is -0.489 e. The number of carbonyl (C=O) groups is 3. The third kappa shape index (κ3) is 9.47. The highest BCUT2D eigenvalue weighted by Crippen LogP contribution is 2.23. The number of piperidine rings is 1. The average molecular weight is 607 g/mol. The number of nitrogens with zero attached hydrogens (tertiary/aromatic N) is 3. The molecule has 9 heteroatoms. The molecular formula is C36H38N4O5. The van der Waals surface area contributed by atoms with Crippen LogP contribution in [0.5, 0.6) is 5.75 Å². The van der Waals surface area contributed by atoms with Crippen molar-refractivity contribution in [1.82, 2.24) is 20.2 Å². The lowest BCUT2D eigenvalue weighted by molar-refractivity contribution is -0.142. The second-order valence-corrected chi connectivity index (χ2v) is 11.4. The summed E-state index contributed by atoms with van der Waals surface area (Å²) in [5, 5.41) is 12.5. The van der Waals surface area contributed by atoms with E-state index in [1.807, 2.05) is 83.8 Å². The van der Waals surface area contributed by atoms with Gasteiger partial charge in [-0.05, 0) is 59.6 Å². The normalized spacial score (nSPS) is 14.0. The van der Waals surface area contributed by atoms with Gasteiger partial charge in [0.2, 0.25) is 11.8 Å². The number of aryl methyl sites for hydroxylation is 1. The first-order chi connectivity index (χ1) is 21.9. The van der Waals surface area contributed by atoms with Crippen LogP contribution in [0.25, 0.3) is 11.1 Å². The Morgan fingerprint density at radius 1 is 0.844 bits per heavy atom. The predicted octanol–water partition coefficient (Wildman–Crippen LogP) is 5.10. The second kappa shape index (κ2) is 15.6. The van der Waals surface area contributed by atoms with Crippen LogP contribution < -0.4 is 10.1 Å². The molecule has 1 aliphatic rings. The molecule has 1 saturated heterocycles. The summed E-state index contributed by atoms with van der Waals surface area (Å²) in [6.45, 7) is 1.65. The van der Waals surface area contributed by atoms with Crippen LogP contribution in [-0.4, -0.2) is 56.9 Å². The summed E-state index contributed by atoms with van der Waals surface area (Å²) in [4.78, 5) is 47.6. The summed E-state index contributed by atoms with van der Waals surface area (Å²) in [6, 6.07) is 24.2. The summed E-state index contributed by atoms with van der Waals surface area (Å²) in [5.41, 5.74) is 4.93. The van der Waals surface area contributed by atoms with E-state index < -0.39 is 12.0 Å². The van der Waals surface area contributed by atoms with Gasteiger partial charge in [0.25, 0.3) is 0 Å². The molecule has 0 saturated carbocycles. The van der Waals surface area contributed by atoms with Crippen molar-refractivity contribution in [2.75, 3.05) is 13.1 Å². The fourth-order valence-electron chi connectivity index (χ4n) is 5.52. The summed E-state index contributed by atoms with van der Waals surface area (Å²) in [5.74, 6) is -0.436. The van der Waals surface area contributed by atoms with E-state index in [9.17, 15) is 19.5 Å². The largest absolute Gasteiger partial charge is 0.489 e. The molecule has 9 nitrogen and oxygen atoms in total. The van der Waals surface area contributed by atoms with Crippen molar-refractivity contribution in [3.63, 3.8) is 0 Å². The number of likely N-dealkylation sites (tertiary alicyclic amines) is 1. The molecule has 45 heavy (non-hydrogen) atoms. The van der Waals surface area contributed by atoms with Crippen molar-refractivity contribution < 1.29 is 24.2 Å². The molecule has 0 bridgehead atoms. The molecule has 2 heterocycles. The van der Waals surface area contributed by atoms with Crippen molar-refractivity contribution in [3.05, 3.63) is 114 Å². The maximum atomic E-state index is 12.9. The second-order valence-electron chi connectivity index (χ2n) is 11.4. The minimum absolute atomic E-state index is 0.110. The summed E-state index contributed by atoms with van der Waals surface area (Å²) >= 11 is 0. The monoisotopic (exact) mass is 606 g/mol. The van der Waals surface area contributed by atoms with Gasteiger partial charge in [0.1, 0.15) is 24.7 Å². The van der Waals surface area contributed by atoms with E-state index in [4.69, 9.17) is 4.74 Å². The number of aromatic nitrogens is 2. The van der Waals surface area contributed by atoms with E-state index in [1.165, 1.54) is 6.33 Å². The Labute approximate surface area is 263 Å². The number of hydrogen-bond donors (Lipinski definition) is 2. The zero-order chi connectivity index (χ0) is 31.4. The Kier molecular flexibility index (Phi) is 10.9. The molecule has 2 N–H and O–H groups in total. The van der Waals surface area contributed by atoms with E-state index in [0.29, 0.717) is 38.3 Å². The van der Waals surface area contributed by atoms with E-state index in [-0.39, 0.29) is 30.6 Å². The van der Waals surface area contributed by atoms with Crippen molar-refractivity contribution in [2.45, 2.75) is 51.2 Å². The topological polar surface area (TPSA) is 122 Å². The Hall–Kier alpha value is -5.05. The SMILES string of the molecule is O=C(CC1CCN(C(=O)CCc2ccc(-c3cncnc3)cc2)CC1)NC(Cc1ccc(OCc2ccccc2)cc1)C(=O)O. The Balaban J connectivity index is 1.02. The lowest BCUT2D eigenvalue weighted by Crippen LogP contribution is -2.44. The summed E-state index contributed by atoms with van der Waals surface area (Å²) in [7, 11) is 0. The van der Waals surface area contributed by atoms with Gasteiger partial charge >= 0.3 is 5.97 Å². The molecule has 1 unspecified atom stereocenters. The first-order valence-corrected chi connectivity index (χ1v) is 15.3. The van der Waals surface area contributed by atoms with Gasteiger partial charge in [0, 0.05) is 50.3 Å². The van der Waals surface area contributed by atoms with Gasteiger partial charge in [-0.15, -0.1) is 0 Å². The van der Waals surface area contributed by atoms with Crippen LogP contribution in [0.4, 0.5) is 0 Å². The van der Waals surface area contributed by atoms with Crippen molar-refractivity contribution in [1.29, 1.82) is 0 Å². The zero-order valence-electron chi connectivity index (χ0n) is 25.2. The fourth-order valence-corrected chi connectivity index (χ4v) is 5.52. The van der Waals surface area contributed by atoms with Crippen molar-refractivity contribution >= 4 is 17.8 Å². The predicted molar refractivity (Wildman–Crippen MR) is 170 cm³/mol. The number of ether oxygens (including phenoxy) is 1. The van der Waals surface area contributed by atoms with Crippen LogP contribution in [0, 0.1) is 5.92 Å². The number of aliphatic carboxylic acids is 1.